The van der Waals surface area contributed by atoms with Gasteiger partial charge in [-0.05, 0) is 36.8 Å². The molecule has 2 aromatic rings. The molecule has 0 saturated heterocycles. The SMILES string of the molecule is CCCCCCc1ccc(C(=O)c2ccc(CCCC)cc2)cc1. The summed E-state index contributed by atoms with van der Waals surface area (Å²) in [6.45, 7) is 4.43. The molecule has 2 rings (SSSR count). The Kier molecular flexibility index (Phi) is 7.74. The number of ketones is 1. The van der Waals surface area contributed by atoms with Gasteiger partial charge in [0.2, 0.25) is 0 Å². The molecule has 0 aromatic heterocycles. The van der Waals surface area contributed by atoms with E-state index in [4.69, 9.17) is 0 Å². The Bertz CT molecular complexity index is 607. The fourth-order valence-corrected chi connectivity index (χ4v) is 2.95. The van der Waals surface area contributed by atoms with Gasteiger partial charge in [0.05, 0.1) is 0 Å². The van der Waals surface area contributed by atoms with Gasteiger partial charge < -0.3 is 0 Å². The fraction of sp³-hybridized carbons (Fsp3) is 0.435. The van der Waals surface area contributed by atoms with Gasteiger partial charge in [0, 0.05) is 11.1 Å². The van der Waals surface area contributed by atoms with Gasteiger partial charge in [-0.3, -0.25) is 4.79 Å². The van der Waals surface area contributed by atoms with Crippen LogP contribution < -0.4 is 0 Å². The number of carbonyl (C=O) groups is 1. The van der Waals surface area contributed by atoms with Crippen molar-refractivity contribution in [1.82, 2.24) is 0 Å². The third-order valence-electron chi connectivity index (χ3n) is 4.57. The van der Waals surface area contributed by atoms with Crippen LogP contribution in [-0.4, -0.2) is 5.78 Å². The van der Waals surface area contributed by atoms with Gasteiger partial charge in [0.25, 0.3) is 0 Å². The van der Waals surface area contributed by atoms with Crippen LogP contribution in [0.4, 0.5) is 0 Å². The zero-order chi connectivity index (χ0) is 17.2. The van der Waals surface area contributed by atoms with Crippen molar-refractivity contribution in [2.24, 2.45) is 0 Å². The van der Waals surface area contributed by atoms with Crippen molar-refractivity contribution in [2.45, 2.75) is 65.2 Å². The second-order valence-electron chi connectivity index (χ2n) is 6.64. The zero-order valence-corrected chi connectivity index (χ0v) is 15.2. The van der Waals surface area contributed by atoms with E-state index < -0.39 is 0 Å². The fourth-order valence-electron chi connectivity index (χ4n) is 2.95. The molecule has 0 aliphatic rings. The summed E-state index contributed by atoms with van der Waals surface area (Å²) >= 11 is 0. The highest BCUT2D eigenvalue weighted by atomic mass is 16.1. The number of carbonyl (C=O) groups excluding carboxylic acids is 1. The molecule has 0 aliphatic heterocycles. The molecule has 0 saturated carbocycles. The quantitative estimate of drug-likeness (QED) is 0.366. The largest absolute Gasteiger partial charge is 0.289 e. The lowest BCUT2D eigenvalue weighted by molar-refractivity contribution is 0.103. The van der Waals surface area contributed by atoms with E-state index in [2.05, 4.69) is 38.1 Å². The smallest absolute Gasteiger partial charge is 0.193 e. The minimum atomic E-state index is 0.120. The van der Waals surface area contributed by atoms with Crippen molar-refractivity contribution in [3.63, 3.8) is 0 Å². The van der Waals surface area contributed by atoms with Crippen LogP contribution in [0.15, 0.2) is 48.5 Å². The van der Waals surface area contributed by atoms with Crippen molar-refractivity contribution in [3.05, 3.63) is 70.8 Å². The molecule has 0 fully saturated rings. The highest BCUT2D eigenvalue weighted by Gasteiger charge is 2.09. The molecule has 0 radical (unpaired) electrons. The standard InChI is InChI=1S/C23H30O/c1-3-5-7-8-10-20-13-17-22(18-14-20)23(24)21-15-11-19(12-16-21)9-6-4-2/h11-18H,3-10H2,1-2H3. The number of hydrogen-bond acceptors (Lipinski definition) is 1. The van der Waals surface area contributed by atoms with Gasteiger partial charge in [-0.15, -0.1) is 0 Å². The highest BCUT2D eigenvalue weighted by Crippen LogP contribution is 2.15. The van der Waals surface area contributed by atoms with Crippen molar-refractivity contribution in [3.8, 4) is 0 Å². The van der Waals surface area contributed by atoms with Crippen LogP contribution >= 0.6 is 0 Å². The minimum absolute atomic E-state index is 0.120. The number of hydrogen-bond donors (Lipinski definition) is 0. The van der Waals surface area contributed by atoms with E-state index in [-0.39, 0.29) is 5.78 Å². The van der Waals surface area contributed by atoms with Crippen LogP contribution in [0.2, 0.25) is 0 Å². The first-order chi connectivity index (χ1) is 11.7. The first-order valence-electron chi connectivity index (χ1n) is 9.47. The highest BCUT2D eigenvalue weighted by molar-refractivity contribution is 6.08. The Morgan fingerprint density at radius 3 is 1.54 bits per heavy atom. The topological polar surface area (TPSA) is 17.1 Å². The average molecular weight is 322 g/mol. The second-order valence-corrected chi connectivity index (χ2v) is 6.64. The Morgan fingerprint density at radius 2 is 1.08 bits per heavy atom. The molecule has 0 heterocycles. The van der Waals surface area contributed by atoms with E-state index in [1.54, 1.807) is 0 Å². The Balaban J connectivity index is 1.94. The molecule has 128 valence electrons. The maximum Gasteiger partial charge on any atom is 0.193 e. The second kappa shape index (κ2) is 10.1. The predicted molar refractivity (Wildman–Crippen MR) is 103 cm³/mol. The van der Waals surface area contributed by atoms with Crippen LogP contribution in [0.25, 0.3) is 0 Å². The molecular formula is C23H30O. The van der Waals surface area contributed by atoms with E-state index in [0.29, 0.717) is 0 Å². The van der Waals surface area contributed by atoms with E-state index in [1.165, 1.54) is 49.7 Å². The molecule has 24 heavy (non-hydrogen) atoms. The molecule has 0 N–H and O–H groups in total. The summed E-state index contributed by atoms with van der Waals surface area (Å²) < 4.78 is 0. The Labute approximate surface area is 147 Å². The van der Waals surface area contributed by atoms with Crippen molar-refractivity contribution in [2.75, 3.05) is 0 Å². The molecule has 0 bridgehead atoms. The van der Waals surface area contributed by atoms with E-state index in [1.807, 2.05) is 24.3 Å². The molecule has 0 unspecified atom stereocenters. The maximum absolute atomic E-state index is 12.6. The first kappa shape index (κ1) is 18.4. The lowest BCUT2D eigenvalue weighted by Crippen LogP contribution is -2.01. The summed E-state index contributed by atoms with van der Waals surface area (Å²) in [6, 6.07) is 16.3. The van der Waals surface area contributed by atoms with Gasteiger partial charge in [0.1, 0.15) is 0 Å². The van der Waals surface area contributed by atoms with Crippen LogP contribution in [0.3, 0.4) is 0 Å². The molecule has 0 aliphatic carbocycles. The van der Waals surface area contributed by atoms with Crippen molar-refractivity contribution < 1.29 is 4.79 Å². The van der Waals surface area contributed by atoms with Crippen molar-refractivity contribution >= 4 is 5.78 Å². The number of aryl methyl sites for hydroxylation is 2. The normalized spacial score (nSPS) is 10.8. The summed E-state index contributed by atoms with van der Waals surface area (Å²) in [7, 11) is 0. The third kappa shape index (κ3) is 5.63. The van der Waals surface area contributed by atoms with Crippen LogP contribution in [0.1, 0.15) is 79.4 Å². The van der Waals surface area contributed by atoms with E-state index >= 15 is 0 Å². The number of unbranched alkanes of at least 4 members (excludes halogenated alkanes) is 4. The van der Waals surface area contributed by atoms with Gasteiger partial charge in [0.15, 0.2) is 5.78 Å². The lowest BCUT2D eigenvalue weighted by Gasteiger charge is -2.06. The molecule has 0 amide bonds. The Morgan fingerprint density at radius 1 is 0.625 bits per heavy atom. The maximum atomic E-state index is 12.6. The van der Waals surface area contributed by atoms with Gasteiger partial charge >= 0.3 is 0 Å². The summed E-state index contributed by atoms with van der Waals surface area (Å²) in [5, 5.41) is 0. The first-order valence-corrected chi connectivity index (χ1v) is 9.47. The number of benzene rings is 2. The van der Waals surface area contributed by atoms with Crippen LogP contribution in [0, 0.1) is 0 Å². The van der Waals surface area contributed by atoms with Gasteiger partial charge in [-0.2, -0.15) is 0 Å². The summed E-state index contributed by atoms with van der Waals surface area (Å²) in [5.41, 5.74) is 4.22. The zero-order valence-electron chi connectivity index (χ0n) is 15.2. The van der Waals surface area contributed by atoms with Gasteiger partial charge in [-0.25, -0.2) is 0 Å². The van der Waals surface area contributed by atoms with Gasteiger partial charge in [-0.1, -0.05) is 88.1 Å². The predicted octanol–water partition coefficient (Wildman–Crippen LogP) is 6.38. The molecular weight excluding hydrogens is 292 g/mol. The van der Waals surface area contributed by atoms with Crippen molar-refractivity contribution in [1.29, 1.82) is 0 Å². The molecule has 2 aromatic carbocycles. The summed E-state index contributed by atoms with van der Waals surface area (Å²) in [5.74, 6) is 0.120. The monoisotopic (exact) mass is 322 g/mol. The number of rotatable bonds is 10. The molecule has 0 atom stereocenters. The third-order valence-corrected chi connectivity index (χ3v) is 4.57. The van der Waals surface area contributed by atoms with E-state index in [9.17, 15) is 4.79 Å². The molecule has 1 heteroatoms. The molecule has 1 nitrogen and oxygen atoms in total. The average Bonchev–Trinajstić information content (AvgIpc) is 2.64. The Hall–Kier alpha value is -1.89. The summed E-state index contributed by atoms with van der Waals surface area (Å²) in [4.78, 5) is 12.6. The summed E-state index contributed by atoms with van der Waals surface area (Å²) in [6.07, 6.45) is 9.72. The molecule has 0 spiro atoms. The van der Waals surface area contributed by atoms with E-state index in [0.717, 1.165) is 24.0 Å². The minimum Gasteiger partial charge on any atom is -0.289 e. The van der Waals surface area contributed by atoms with Crippen LogP contribution in [-0.2, 0) is 12.8 Å². The lowest BCUT2D eigenvalue weighted by atomic mass is 9.98. The van der Waals surface area contributed by atoms with Crippen LogP contribution in [0.5, 0.6) is 0 Å².